The van der Waals surface area contributed by atoms with Crippen LogP contribution in [0.2, 0.25) is 0 Å². The van der Waals surface area contributed by atoms with Crippen molar-refractivity contribution in [3.63, 3.8) is 0 Å². The second kappa shape index (κ2) is 6.46. The molecule has 0 radical (unpaired) electrons. The monoisotopic (exact) mass is 358 g/mol. The molecule has 1 unspecified atom stereocenters. The maximum Gasteiger partial charge on any atom is 0.165 e. The van der Waals surface area contributed by atoms with Crippen molar-refractivity contribution < 1.29 is 13.9 Å². The van der Waals surface area contributed by atoms with Gasteiger partial charge in [-0.1, -0.05) is 28.1 Å². The lowest BCUT2D eigenvalue weighted by atomic mass is 10.0. The van der Waals surface area contributed by atoms with E-state index in [9.17, 15) is 4.39 Å². The number of hydrogen-bond acceptors (Lipinski definition) is 2. The molecule has 106 valence electrons. The standard InChI is InChI=1S/C15H13BrClFO2/c1-19-13-6-3-9(7-12(13)18)15(17)11-5-4-10(16)8-14(11)20-2/h3-8,15H,1-2H3. The van der Waals surface area contributed by atoms with Gasteiger partial charge in [0.25, 0.3) is 0 Å². The minimum Gasteiger partial charge on any atom is -0.496 e. The van der Waals surface area contributed by atoms with E-state index in [1.807, 2.05) is 18.2 Å². The average molecular weight is 360 g/mol. The second-order valence-corrected chi connectivity index (χ2v) is 5.49. The fourth-order valence-corrected chi connectivity index (χ4v) is 2.57. The summed E-state index contributed by atoms with van der Waals surface area (Å²) in [6.45, 7) is 0. The Bertz CT molecular complexity index is 619. The Kier molecular flexibility index (Phi) is 4.89. The Morgan fingerprint density at radius 3 is 2.35 bits per heavy atom. The molecule has 2 aromatic rings. The maximum absolute atomic E-state index is 13.8. The van der Waals surface area contributed by atoms with Gasteiger partial charge >= 0.3 is 0 Å². The first kappa shape index (κ1) is 15.1. The van der Waals surface area contributed by atoms with Crippen LogP contribution in [-0.4, -0.2) is 14.2 Å². The molecule has 0 aliphatic rings. The summed E-state index contributed by atoms with van der Waals surface area (Å²) in [6.07, 6.45) is 0. The fourth-order valence-electron chi connectivity index (χ4n) is 1.91. The lowest BCUT2D eigenvalue weighted by Gasteiger charge is -2.15. The van der Waals surface area contributed by atoms with Crippen molar-refractivity contribution in [1.82, 2.24) is 0 Å². The van der Waals surface area contributed by atoms with Crippen LogP contribution in [0.4, 0.5) is 4.39 Å². The number of halogens is 3. The van der Waals surface area contributed by atoms with Crippen molar-refractivity contribution in [3.05, 3.63) is 57.8 Å². The lowest BCUT2D eigenvalue weighted by molar-refractivity contribution is 0.386. The van der Waals surface area contributed by atoms with Crippen LogP contribution in [0, 0.1) is 5.82 Å². The molecule has 20 heavy (non-hydrogen) atoms. The molecule has 0 heterocycles. The van der Waals surface area contributed by atoms with Gasteiger partial charge in [-0.3, -0.25) is 0 Å². The molecule has 0 aliphatic heterocycles. The normalized spacial score (nSPS) is 12.1. The van der Waals surface area contributed by atoms with Crippen molar-refractivity contribution in [3.8, 4) is 11.5 Å². The van der Waals surface area contributed by atoms with Gasteiger partial charge in [-0.2, -0.15) is 0 Å². The molecule has 2 rings (SSSR count). The smallest absolute Gasteiger partial charge is 0.165 e. The van der Waals surface area contributed by atoms with Crippen molar-refractivity contribution in [2.75, 3.05) is 14.2 Å². The zero-order chi connectivity index (χ0) is 14.7. The van der Waals surface area contributed by atoms with Crippen molar-refractivity contribution in [2.45, 2.75) is 5.38 Å². The topological polar surface area (TPSA) is 18.5 Å². The number of rotatable bonds is 4. The third-order valence-corrected chi connectivity index (χ3v) is 3.92. The molecule has 0 saturated heterocycles. The van der Waals surface area contributed by atoms with E-state index in [4.69, 9.17) is 21.1 Å². The minimum atomic E-state index is -0.501. The van der Waals surface area contributed by atoms with Gasteiger partial charge in [0.15, 0.2) is 11.6 Å². The van der Waals surface area contributed by atoms with Crippen LogP contribution in [-0.2, 0) is 0 Å². The van der Waals surface area contributed by atoms with Crippen molar-refractivity contribution in [2.24, 2.45) is 0 Å². The number of alkyl halides is 1. The first-order valence-corrected chi connectivity index (χ1v) is 7.10. The SMILES string of the molecule is COc1ccc(C(Cl)c2ccc(Br)cc2OC)cc1F. The highest BCUT2D eigenvalue weighted by Gasteiger charge is 2.17. The molecule has 0 amide bonds. The summed E-state index contributed by atoms with van der Waals surface area (Å²) in [5.74, 6) is 0.405. The molecular formula is C15H13BrClFO2. The maximum atomic E-state index is 13.8. The fraction of sp³-hybridized carbons (Fsp3) is 0.200. The molecule has 5 heteroatoms. The first-order chi connectivity index (χ1) is 9.56. The number of benzene rings is 2. The highest BCUT2D eigenvalue weighted by molar-refractivity contribution is 9.10. The van der Waals surface area contributed by atoms with Crippen LogP contribution >= 0.6 is 27.5 Å². The Morgan fingerprint density at radius 2 is 1.75 bits per heavy atom. The number of ether oxygens (including phenoxy) is 2. The summed E-state index contributed by atoms with van der Waals surface area (Å²) in [5, 5.41) is -0.501. The van der Waals surface area contributed by atoms with E-state index in [1.54, 1.807) is 19.2 Å². The molecule has 0 aromatic heterocycles. The molecule has 0 N–H and O–H groups in total. The molecule has 0 bridgehead atoms. The molecule has 0 fully saturated rings. The third-order valence-electron chi connectivity index (χ3n) is 2.94. The predicted octanol–water partition coefficient (Wildman–Crippen LogP) is 4.93. The predicted molar refractivity (Wildman–Crippen MR) is 81.3 cm³/mol. The number of hydrogen-bond donors (Lipinski definition) is 0. The van der Waals surface area contributed by atoms with Gasteiger partial charge in [-0.25, -0.2) is 4.39 Å². The second-order valence-electron chi connectivity index (χ2n) is 4.14. The summed E-state index contributed by atoms with van der Waals surface area (Å²) in [5.41, 5.74) is 1.42. The summed E-state index contributed by atoms with van der Waals surface area (Å²) >= 11 is 9.81. The molecule has 0 spiro atoms. The van der Waals surface area contributed by atoms with Gasteiger partial charge in [0, 0.05) is 10.0 Å². The van der Waals surface area contributed by atoms with Gasteiger partial charge in [-0.05, 0) is 29.8 Å². The molecule has 2 nitrogen and oxygen atoms in total. The van der Waals surface area contributed by atoms with Gasteiger partial charge in [0.2, 0.25) is 0 Å². The van der Waals surface area contributed by atoms with E-state index in [0.29, 0.717) is 11.3 Å². The summed E-state index contributed by atoms with van der Waals surface area (Å²) in [6, 6.07) is 10.2. The van der Waals surface area contributed by atoms with E-state index >= 15 is 0 Å². The van der Waals surface area contributed by atoms with Crippen LogP contribution < -0.4 is 9.47 Å². The Balaban J connectivity index is 2.40. The molecule has 0 saturated carbocycles. The Morgan fingerprint density at radius 1 is 1.05 bits per heavy atom. The largest absolute Gasteiger partial charge is 0.496 e. The Hall–Kier alpha value is -1.26. The van der Waals surface area contributed by atoms with E-state index < -0.39 is 11.2 Å². The number of methoxy groups -OCH3 is 2. The van der Waals surface area contributed by atoms with Gasteiger partial charge in [0.1, 0.15) is 5.75 Å². The van der Waals surface area contributed by atoms with E-state index in [2.05, 4.69) is 15.9 Å². The third kappa shape index (κ3) is 3.07. The van der Waals surface area contributed by atoms with Gasteiger partial charge < -0.3 is 9.47 Å². The molecular weight excluding hydrogens is 347 g/mol. The van der Waals surface area contributed by atoms with Crippen LogP contribution in [0.25, 0.3) is 0 Å². The summed E-state index contributed by atoms with van der Waals surface area (Å²) in [4.78, 5) is 0. The molecule has 2 aromatic carbocycles. The quantitative estimate of drug-likeness (QED) is 0.720. The van der Waals surface area contributed by atoms with E-state index in [1.165, 1.54) is 13.2 Å². The van der Waals surface area contributed by atoms with E-state index in [0.717, 1.165) is 10.0 Å². The van der Waals surface area contributed by atoms with Gasteiger partial charge in [0.05, 0.1) is 19.6 Å². The van der Waals surface area contributed by atoms with Crippen molar-refractivity contribution in [1.29, 1.82) is 0 Å². The summed E-state index contributed by atoms with van der Waals surface area (Å²) < 4.78 is 24.9. The van der Waals surface area contributed by atoms with E-state index in [-0.39, 0.29) is 5.75 Å². The van der Waals surface area contributed by atoms with Crippen LogP contribution in [0.3, 0.4) is 0 Å². The Labute approximate surface area is 130 Å². The van der Waals surface area contributed by atoms with Crippen molar-refractivity contribution >= 4 is 27.5 Å². The average Bonchev–Trinajstić information content (AvgIpc) is 2.46. The zero-order valence-electron chi connectivity index (χ0n) is 11.0. The molecule has 1 atom stereocenters. The minimum absolute atomic E-state index is 0.195. The van der Waals surface area contributed by atoms with Crippen LogP contribution in [0.1, 0.15) is 16.5 Å². The zero-order valence-corrected chi connectivity index (χ0v) is 13.3. The van der Waals surface area contributed by atoms with Crippen LogP contribution in [0.15, 0.2) is 40.9 Å². The summed E-state index contributed by atoms with van der Waals surface area (Å²) in [7, 11) is 3.00. The highest BCUT2D eigenvalue weighted by atomic mass is 79.9. The van der Waals surface area contributed by atoms with Crippen LogP contribution in [0.5, 0.6) is 11.5 Å². The highest BCUT2D eigenvalue weighted by Crippen LogP contribution is 2.37. The lowest BCUT2D eigenvalue weighted by Crippen LogP contribution is -1.99. The first-order valence-electron chi connectivity index (χ1n) is 5.87. The molecule has 0 aliphatic carbocycles. The van der Waals surface area contributed by atoms with Gasteiger partial charge in [-0.15, -0.1) is 11.6 Å².